The quantitative estimate of drug-likeness (QED) is 0.866. The molecule has 0 radical (unpaired) electrons. The maximum Gasteiger partial charge on any atom is 0.119 e. The Morgan fingerprint density at radius 2 is 1.82 bits per heavy atom. The highest BCUT2D eigenvalue weighted by Gasteiger charge is 2.07. The monoisotopic (exact) mass is 229 g/mol. The first-order valence-electron chi connectivity index (χ1n) is 6.03. The second-order valence-corrected chi connectivity index (χ2v) is 4.22. The average Bonchev–Trinajstić information content (AvgIpc) is 2.39. The number of methoxy groups -OCH3 is 1. The Labute approximate surface area is 103 Å². The van der Waals surface area contributed by atoms with Gasteiger partial charge in [-0.25, -0.2) is 0 Å². The van der Waals surface area contributed by atoms with Gasteiger partial charge in [-0.05, 0) is 48.0 Å². The predicted octanol–water partition coefficient (Wildman–Crippen LogP) is 3.52. The standard InChI is InChI=1S/C15H19NO/c1-4-15(16-2)13-6-5-12-10-14(17-3)8-7-11(12)9-13/h5-10,15-16H,4H2,1-3H3. The van der Waals surface area contributed by atoms with Crippen LogP contribution < -0.4 is 10.1 Å². The van der Waals surface area contributed by atoms with E-state index < -0.39 is 0 Å². The number of fused-ring (bicyclic) bond motifs is 1. The molecule has 90 valence electrons. The summed E-state index contributed by atoms with van der Waals surface area (Å²) in [6.45, 7) is 2.19. The van der Waals surface area contributed by atoms with Gasteiger partial charge in [0.15, 0.2) is 0 Å². The molecule has 1 atom stereocenters. The van der Waals surface area contributed by atoms with Gasteiger partial charge in [0, 0.05) is 6.04 Å². The fourth-order valence-electron chi connectivity index (χ4n) is 2.19. The summed E-state index contributed by atoms with van der Waals surface area (Å²) in [5.41, 5.74) is 1.34. The summed E-state index contributed by atoms with van der Waals surface area (Å²) in [5, 5.41) is 5.81. The van der Waals surface area contributed by atoms with E-state index in [9.17, 15) is 0 Å². The molecular formula is C15H19NO. The Hall–Kier alpha value is -1.54. The van der Waals surface area contributed by atoms with E-state index in [1.54, 1.807) is 7.11 Å². The van der Waals surface area contributed by atoms with Crippen molar-refractivity contribution < 1.29 is 4.74 Å². The van der Waals surface area contributed by atoms with E-state index in [4.69, 9.17) is 4.74 Å². The molecule has 1 unspecified atom stereocenters. The molecule has 2 rings (SSSR count). The third-order valence-electron chi connectivity index (χ3n) is 3.23. The molecule has 2 nitrogen and oxygen atoms in total. The summed E-state index contributed by atoms with van der Waals surface area (Å²) in [4.78, 5) is 0. The van der Waals surface area contributed by atoms with Gasteiger partial charge in [0.05, 0.1) is 7.11 Å². The molecule has 17 heavy (non-hydrogen) atoms. The van der Waals surface area contributed by atoms with Crippen LogP contribution in [-0.2, 0) is 0 Å². The van der Waals surface area contributed by atoms with Gasteiger partial charge >= 0.3 is 0 Å². The Morgan fingerprint density at radius 1 is 1.12 bits per heavy atom. The van der Waals surface area contributed by atoms with Crippen LogP contribution in [0.25, 0.3) is 10.8 Å². The van der Waals surface area contributed by atoms with Crippen molar-refractivity contribution in [2.45, 2.75) is 19.4 Å². The summed E-state index contributed by atoms with van der Waals surface area (Å²) >= 11 is 0. The van der Waals surface area contributed by atoms with Crippen LogP contribution in [0.1, 0.15) is 24.9 Å². The summed E-state index contributed by atoms with van der Waals surface area (Å²) in [7, 11) is 3.70. The summed E-state index contributed by atoms with van der Waals surface area (Å²) in [5.74, 6) is 0.908. The van der Waals surface area contributed by atoms with Gasteiger partial charge < -0.3 is 10.1 Å². The SMILES string of the molecule is CCC(NC)c1ccc2cc(OC)ccc2c1. The molecule has 0 aromatic heterocycles. The van der Waals surface area contributed by atoms with E-state index in [2.05, 4.69) is 42.6 Å². The van der Waals surface area contributed by atoms with Gasteiger partial charge in [-0.2, -0.15) is 0 Å². The lowest BCUT2D eigenvalue weighted by Crippen LogP contribution is -2.14. The zero-order valence-corrected chi connectivity index (χ0v) is 10.7. The minimum Gasteiger partial charge on any atom is -0.497 e. The topological polar surface area (TPSA) is 21.3 Å². The fourth-order valence-corrected chi connectivity index (χ4v) is 2.19. The second kappa shape index (κ2) is 5.19. The van der Waals surface area contributed by atoms with Gasteiger partial charge in [0.1, 0.15) is 5.75 Å². The van der Waals surface area contributed by atoms with E-state index in [1.807, 2.05) is 13.1 Å². The van der Waals surface area contributed by atoms with E-state index in [-0.39, 0.29) is 0 Å². The van der Waals surface area contributed by atoms with Crippen molar-refractivity contribution in [3.05, 3.63) is 42.0 Å². The Balaban J connectivity index is 2.44. The first kappa shape index (κ1) is 11.9. The second-order valence-electron chi connectivity index (χ2n) is 4.22. The average molecular weight is 229 g/mol. The van der Waals surface area contributed by atoms with Gasteiger partial charge in [-0.15, -0.1) is 0 Å². The molecule has 0 fully saturated rings. The molecule has 0 heterocycles. The molecule has 1 N–H and O–H groups in total. The van der Waals surface area contributed by atoms with E-state index in [1.165, 1.54) is 16.3 Å². The zero-order valence-electron chi connectivity index (χ0n) is 10.7. The number of rotatable bonds is 4. The third kappa shape index (κ3) is 2.42. The largest absolute Gasteiger partial charge is 0.497 e. The molecular weight excluding hydrogens is 210 g/mol. The zero-order chi connectivity index (χ0) is 12.3. The molecule has 2 aromatic carbocycles. The van der Waals surface area contributed by atoms with Gasteiger partial charge in [-0.1, -0.05) is 25.1 Å². The molecule has 0 aliphatic carbocycles. The first-order valence-corrected chi connectivity index (χ1v) is 6.03. The summed E-state index contributed by atoms with van der Waals surface area (Å²) < 4.78 is 5.23. The molecule has 0 aliphatic heterocycles. The van der Waals surface area contributed by atoms with Crippen LogP contribution in [0.3, 0.4) is 0 Å². The third-order valence-corrected chi connectivity index (χ3v) is 3.23. The number of hydrogen-bond donors (Lipinski definition) is 1. The lowest BCUT2D eigenvalue weighted by atomic mass is 10.0. The smallest absolute Gasteiger partial charge is 0.119 e. The highest BCUT2D eigenvalue weighted by Crippen LogP contribution is 2.25. The molecule has 0 aliphatic rings. The molecule has 2 aromatic rings. The van der Waals surface area contributed by atoms with Crippen LogP contribution in [0.4, 0.5) is 0 Å². The maximum atomic E-state index is 5.23. The predicted molar refractivity (Wildman–Crippen MR) is 72.6 cm³/mol. The minimum atomic E-state index is 0.432. The van der Waals surface area contributed by atoms with Crippen molar-refractivity contribution in [1.82, 2.24) is 5.32 Å². The Bertz CT molecular complexity index is 503. The lowest BCUT2D eigenvalue weighted by molar-refractivity contribution is 0.415. The van der Waals surface area contributed by atoms with Crippen LogP contribution in [0.15, 0.2) is 36.4 Å². The highest BCUT2D eigenvalue weighted by atomic mass is 16.5. The number of benzene rings is 2. The molecule has 0 amide bonds. The normalized spacial score (nSPS) is 12.6. The van der Waals surface area contributed by atoms with Gasteiger partial charge in [0.2, 0.25) is 0 Å². The molecule has 0 saturated heterocycles. The molecule has 0 spiro atoms. The number of nitrogens with one attached hydrogen (secondary N) is 1. The van der Waals surface area contributed by atoms with Crippen molar-refractivity contribution in [1.29, 1.82) is 0 Å². The van der Waals surface area contributed by atoms with Crippen LogP contribution in [0, 0.1) is 0 Å². The highest BCUT2D eigenvalue weighted by molar-refractivity contribution is 5.84. The minimum absolute atomic E-state index is 0.432. The molecule has 0 bridgehead atoms. The summed E-state index contributed by atoms with van der Waals surface area (Å²) in [6.07, 6.45) is 1.10. The molecule has 0 saturated carbocycles. The lowest BCUT2D eigenvalue weighted by Gasteiger charge is -2.15. The van der Waals surface area contributed by atoms with Crippen molar-refractivity contribution in [2.75, 3.05) is 14.2 Å². The number of hydrogen-bond acceptors (Lipinski definition) is 2. The van der Waals surface area contributed by atoms with Crippen molar-refractivity contribution >= 4 is 10.8 Å². The van der Waals surface area contributed by atoms with Crippen molar-refractivity contribution in [3.63, 3.8) is 0 Å². The summed E-state index contributed by atoms with van der Waals surface area (Å²) in [6, 6.07) is 13.2. The van der Waals surface area contributed by atoms with Crippen molar-refractivity contribution in [3.8, 4) is 5.75 Å². The Kier molecular flexibility index (Phi) is 3.64. The number of ether oxygens (including phenoxy) is 1. The maximum absolute atomic E-state index is 5.23. The van der Waals surface area contributed by atoms with Gasteiger partial charge in [0.25, 0.3) is 0 Å². The van der Waals surface area contributed by atoms with E-state index >= 15 is 0 Å². The van der Waals surface area contributed by atoms with Gasteiger partial charge in [-0.3, -0.25) is 0 Å². The van der Waals surface area contributed by atoms with Crippen LogP contribution >= 0.6 is 0 Å². The molecule has 2 heteroatoms. The van der Waals surface area contributed by atoms with E-state index in [0.717, 1.165) is 12.2 Å². The Morgan fingerprint density at radius 3 is 2.47 bits per heavy atom. The van der Waals surface area contributed by atoms with Crippen LogP contribution in [0.5, 0.6) is 5.75 Å². The fraction of sp³-hybridized carbons (Fsp3) is 0.333. The first-order chi connectivity index (χ1) is 8.28. The van der Waals surface area contributed by atoms with E-state index in [0.29, 0.717) is 6.04 Å². The van der Waals surface area contributed by atoms with Crippen LogP contribution in [-0.4, -0.2) is 14.2 Å². The van der Waals surface area contributed by atoms with Crippen LogP contribution in [0.2, 0.25) is 0 Å². The van der Waals surface area contributed by atoms with Crippen molar-refractivity contribution in [2.24, 2.45) is 0 Å².